The van der Waals surface area contributed by atoms with Crippen molar-refractivity contribution in [3.63, 3.8) is 0 Å². The molecule has 0 bridgehead atoms. The van der Waals surface area contributed by atoms with E-state index in [9.17, 15) is 0 Å². The number of aliphatic imine (C=N–C) groups is 1. The Morgan fingerprint density at radius 1 is 1.26 bits per heavy atom. The van der Waals surface area contributed by atoms with Crippen molar-refractivity contribution in [2.45, 2.75) is 45.3 Å². The zero-order valence-corrected chi connectivity index (χ0v) is 16.9. The van der Waals surface area contributed by atoms with Crippen LogP contribution in [0.25, 0.3) is 0 Å². The Morgan fingerprint density at radius 3 is 2.70 bits per heavy atom. The number of nitrogens with one attached hydrogen (secondary N) is 1. The summed E-state index contributed by atoms with van der Waals surface area (Å²) in [4.78, 5) is 11.1. The second kappa shape index (κ2) is 12.5. The highest BCUT2D eigenvalue weighted by Gasteiger charge is 2.21. The summed E-state index contributed by atoms with van der Waals surface area (Å²) in [5, 5.41) is 3.43. The van der Waals surface area contributed by atoms with Crippen LogP contribution in [0.1, 0.15) is 38.2 Å². The second-order valence-corrected chi connectivity index (χ2v) is 6.66. The van der Waals surface area contributed by atoms with Crippen molar-refractivity contribution in [1.82, 2.24) is 15.2 Å². The van der Waals surface area contributed by atoms with E-state index >= 15 is 0 Å². The first-order valence-electron chi connectivity index (χ1n) is 9.90. The number of hydrogen-bond acceptors (Lipinski definition) is 5. The largest absolute Gasteiger partial charge is 0.478 e. The van der Waals surface area contributed by atoms with Crippen LogP contribution < -0.4 is 10.1 Å². The highest BCUT2D eigenvalue weighted by Crippen LogP contribution is 2.14. The molecule has 1 aromatic heterocycles. The third-order valence-corrected chi connectivity index (χ3v) is 4.50. The molecular formula is C20H34N4O3. The minimum absolute atomic E-state index is 0.344. The van der Waals surface area contributed by atoms with Crippen LogP contribution in [0.3, 0.4) is 0 Å². The number of hydrogen-bond donors (Lipinski definition) is 1. The number of likely N-dealkylation sites (tertiary alicyclic amines) is 1. The number of guanidine groups is 1. The molecule has 27 heavy (non-hydrogen) atoms. The van der Waals surface area contributed by atoms with E-state index in [0.29, 0.717) is 25.1 Å². The number of methoxy groups -OCH3 is 1. The molecule has 0 aliphatic carbocycles. The molecule has 152 valence electrons. The average molecular weight is 379 g/mol. The Balaban J connectivity index is 1.71. The summed E-state index contributed by atoms with van der Waals surface area (Å²) in [6, 6.07) is 3.96. The maximum absolute atomic E-state index is 5.93. The molecule has 1 N–H and O–H groups in total. The molecular weight excluding hydrogens is 344 g/mol. The molecule has 0 radical (unpaired) electrons. The van der Waals surface area contributed by atoms with Gasteiger partial charge in [-0.3, -0.25) is 4.99 Å². The predicted octanol–water partition coefficient (Wildman–Crippen LogP) is 2.46. The summed E-state index contributed by atoms with van der Waals surface area (Å²) in [6.07, 6.45) is 6.19. The number of rotatable bonds is 10. The number of nitrogens with zero attached hydrogens (tertiary/aromatic N) is 3. The van der Waals surface area contributed by atoms with Gasteiger partial charge in [-0.25, -0.2) is 4.98 Å². The van der Waals surface area contributed by atoms with Crippen molar-refractivity contribution in [3.8, 4) is 5.88 Å². The average Bonchev–Trinajstić information content (AvgIpc) is 2.72. The summed E-state index contributed by atoms with van der Waals surface area (Å²) in [5.74, 6) is 1.61. The van der Waals surface area contributed by atoms with Gasteiger partial charge in [0.25, 0.3) is 0 Å². The van der Waals surface area contributed by atoms with Crippen LogP contribution in [0.2, 0.25) is 0 Å². The lowest BCUT2D eigenvalue weighted by molar-refractivity contribution is 0.00989. The molecule has 0 saturated carbocycles. The molecule has 7 nitrogen and oxygen atoms in total. The van der Waals surface area contributed by atoms with Crippen molar-refractivity contribution in [2.75, 3.05) is 47.1 Å². The van der Waals surface area contributed by atoms with E-state index in [-0.39, 0.29) is 0 Å². The van der Waals surface area contributed by atoms with Crippen molar-refractivity contribution < 1.29 is 14.2 Å². The molecule has 0 spiro atoms. The monoisotopic (exact) mass is 378 g/mol. The van der Waals surface area contributed by atoms with Gasteiger partial charge in [-0.1, -0.05) is 13.0 Å². The third kappa shape index (κ3) is 7.72. The van der Waals surface area contributed by atoms with Crippen LogP contribution >= 0.6 is 0 Å². The molecule has 0 atom stereocenters. The van der Waals surface area contributed by atoms with Gasteiger partial charge in [0.2, 0.25) is 5.88 Å². The quantitative estimate of drug-likeness (QED) is 0.383. The Labute approximate surface area is 163 Å². The minimum Gasteiger partial charge on any atom is -0.478 e. The Hall–Kier alpha value is -1.86. The van der Waals surface area contributed by atoms with E-state index in [2.05, 4.69) is 27.1 Å². The van der Waals surface area contributed by atoms with Gasteiger partial charge in [0.05, 0.1) is 12.7 Å². The van der Waals surface area contributed by atoms with Gasteiger partial charge >= 0.3 is 0 Å². The SMILES string of the molecule is CCCOc1ccc(CNC(=NC)N2CCC(OCCCOC)CC2)cn1. The first-order valence-corrected chi connectivity index (χ1v) is 9.90. The van der Waals surface area contributed by atoms with Crippen molar-refractivity contribution in [1.29, 1.82) is 0 Å². The summed E-state index contributed by atoms with van der Waals surface area (Å²) in [7, 11) is 3.55. The number of aromatic nitrogens is 1. The lowest BCUT2D eigenvalue weighted by Gasteiger charge is -2.34. The van der Waals surface area contributed by atoms with Crippen LogP contribution in [0.15, 0.2) is 23.3 Å². The lowest BCUT2D eigenvalue weighted by atomic mass is 10.1. The second-order valence-electron chi connectivity index (χ2n) is 6.66. The molecule has 0 amide bonds. The smallest absolute Gasteiger partial charge is 0.213 e. The highest BCUT2D eigenvalue weighted by atomic mass is 16.5. The fraction of sp³-hybridized carbons (Fsp3) is 0.700. The first kappa shape index (κ1) is 21.4. The van der Waals surface area contributed by atoms with E-state index in [1.165, 1.54) is 0 Å². The molecule has 1 aliphatic heterocycles. The molecule has 2 heterocycles. The fourth-order valence-corrected chi connectivity index (χ4v) is 3.01. The Morgan fingerprint density at radius 2 is 2.07 bits per heavy atom. The van der Waals surface area contributed by atoms with Crippen molar-refractivity contribution >= 4 is 5.96 Å². The van der Waals surface area contributed by atoms with Crippen LogP contribution in [-0.2, 0) is 16.0 Å². The van der Waals surface area contributed by atoms with Gasteiger partial charge in [0, 0.05) is 59.3 Å². The number of pyridine rings is 1. The molecule has 1 aliphatic rings. The van der Waals surface area contributed by atoms with Gasteiger partial charge in [0.15, 0.2) is 5.96 Å². The van der Waals surface area contributed by atoms with Crippen LogP contribution in [0.5, 0.6) is 5.88 Å². The topological polar surface area (TPSA) is 68.2 Å². The summed E-state index contributed by atoms with van der Waals surface area (Å²) in [5.41, 5.74) is 1.11. The molecule has 0 aromatic carbocycles. The summed E-state index contributed by atoms with van der Waals surface area (Å²) >= 11 is 0. The molecule has 1 saturated heterocycles. The fourth-order valence-electron chi connectivity index (χ4n) is 3.01. The Kier molecular flexibility index (Phi) is 9.94. The van der Waals surface area contributed by atoms with Gasteiger partial charge in [0.1, 0.15) is 0 Å². The summed E-state index contributed by atoms with van der Waals surface area (Å²) < 4.78 is 16.5. The van der Waals surface area contributed by atoms with Crippen LogP contribution in [-0.4, -0.2) is 69.0 Å². The highest BCUT2D eigenvalue weighted by molar-refractivity contribution is 5.79. The maximum Gasteiger partial charge on any atom is 0.213 e. The van der Waals surface area contributed by atoms with E-state index in [1.54, 1.807) is 7.11 Å². The standard InChI is InChI=1S/C20H34N4O3/c1-4-12-27-19-7-6-17(15-22-19)16-23-20(21-2)24-10-8-18(9-11-24)26-14-5-13-25-3/h6-7,15,18H,4-5,8-14,16H2,1-3H3,(H,21,23). The van der Waals surface area contributed by atoms with Crippen LogP contribution in [0, 0.1) is 0 Å². The third-order valence-electron chi connectivity index (χ3n) is 4.50. The van der Waals surface area contributed by atoms with E-state index < -0.39 is 0 Å². The molecule has 1 fully saturated rings. The van der Waals surface area contributed by atoms with Gasteiger partial charge in [-0.05, 0) is 31.2 Å². The molecule has 1 aromatic rings. The van der Waals surface area contributed by atoms with Gasteiger partial charge in [-0.2, -0.15) is 0 Å². The molecule has 7 heteroatoms. The van der Waals surface area contributed by atoms with Crippen molar-refractivity contribution in [3.05, 3.63) is 23.9 Å². The predicted molar refractivity (Wildman–Crippen MR) is 107 cm³/mol. The molecule has 0 unspecified atom stereocenters. The molecule has 2 rings (SSSR count). The van der Waals surface area contributed by atoms with Crippen LogP contribution in [0.4, 0.5) is 0 Å². The van der Waals surface area contributed by atoms with E-state index in [0.717, 1.165) is 63.5 Å². The van der Waals surface area contributed by atoms with E-state index in [1.807, 2.05) is 25.4 Å². The van der Waals surface area contributed by atoms with Gasteiger partial charge in [-0.15, -0.1) is 0 Å². The summed E-state index contributed by atoms with van der Waals surface area (Å²) in [6.45, 7) is 6.92. The maximum atomic E-state index is 5.93. The Bertz CT molecular complexity index is 543. The zero-order valence-electron chi connectivity index (χ0n) is 16.9. The zero-order chi connectivity index (χ0) is 19.3. The number of piperidine rings is 1. The van der Waals surface area contributed by atoms with Gasteiger partial charge < -0.3 is 24.4 Å². The normalized spacial score (nSPS) is 15.8. The minimum atomic E-state index is 0.344. The van der Waals surface area contributed by atoms with Crippen molar-refractivity contribution in [2.24, 2.45) is 4.99 Å². The van der Waals surface area contributed by atoms with E-state index in [4.69, 9.17) is 14.2 Å². The number of ether oxygens (including phenoxy) is 3. The lowest BCUT2D eigenvalue weighted by Crippen LogP contribution is -2.46. The first-order chi connectivity index (χ1) is 13.3.